The maximum atomic E-state index is 10.5. The lowest BCUT2D eigenvalue weighted by Crippen LogP contribution is -2.48. The molecule has 3 aromatic rings. The van der Waals surface area contributed by atoms with Crippen LogP contribution < -0.4 is 5.32 Å². The standard InChI is InChI=1S/C21H23N3O2/c1-12-8-13(2)18(17(25)9-12)19-15-6-4-5-7-16(15)20(24-23-19)22-14-10-21(3,26)11-14/h4-9,14,25-26H,10-11H2,1-3H3,(H,22,24). The Morgan fingerprint density at radius 2 is 1.77 bits per heavy atom. The van der Waals surface area contributed by atoms with Crippen LogP contribution in [0.3, 0.4) is 0 Å². The fraction of sp³-hybridized carbons (Fsp3) is 0.333. The molecule has 5 nitrogen and oxygen atoms in total. The number of aliphatic hydroxyl groups is 1. The molecule has 0 atom stereocenters. The lowest BCUT2D eigenvalue weighted by atomic mass is 9.77. The van der Waals surface area contributed by atoms with Crippen LogP contribution in [0.15, 0.2) is 36.4 Å². The Kier molecular flexibility index (Phi) is 3.84. The number of nitrogens with one attached hydrogen (secondary N) is 1. The molecule has 0 aliphatic heterocycles. The molecule has 1 saturated carbocycles. The number of anilines is 1. The summed E-state index contributed by atoms with van der Waals surface area (Å²) in [7, 11) is 0. The largest absolute Gasteiger partial charge is 0.507 e. The minimum Gasteiger partial charge on any atom is -0.507 e. The molecule has 1 fully saturated rings. The summed E-state index contributed by atoms with van der Waals surface area (Å²) in [5, 5.41) is 34.6. The van der Waals surface area contributed by atoms with Gasteiger partial charge >= 0.3 is 0 Å². The molecule has 0 unspecified atom stereocenters. The minimum atomic E-state index is -0.592. The number of aryl methyl sites for hydroxylation is 2. The van der Waals surface area contributed by atoms with E-state index in [1.807, 2.05) is 51.1 Å². The monoisotopic (exact) mass is 349 g/mol. The molecule has 1 aromatic heterocycles. The van der Waals surface area contributed by atoms with E-state index < -0.39 is 5.60 Å². The number of phenolic OH excluding ortho intramolecular Hbond substituents is 1. The van der Waals surface area contributed by atoms with Gasteiger partial charge in [-0.1, -0.05) is 30.3 Å². The Morgan fingerprint density at radius 1 is 1.08 bits per heavy atom. The van der Waals surface area contributed by atoms with Gasteiger partial charge in [0.25, 0.3) is 0 Å². The first-order chi connectivity index (χ1) is 12.3. The Morgan fingerprint density at radius 3 is 2.42 bits per heavy atom. The van der Waals surface area contributed by atoms with Crippen LogP contribution in [0.2, 0.25) is 0 Å². The predicted octanol–water partition coefficient (Wildman–Crippen LogP) is 3.94. The average molecular weight is 349 g/mol. The molecule has 0 spiro atoms. The summed E-state index contributed by atoms with van der Waals surface area (Å²) < 4.78 is 0. The number of rotatable bonds is 3. The molecule has 1 aliphatic rings. The quantitative estimate of drug-likeness (QED) is 0.667. The summed E-state index contributed by atoms with van der Waals surface area (Å²) in [5.74, 6) is 0.937. The summed E-state index contributed by atoms with van der Waals surface area (Å²) in [5.41, 5.74) is 2.79. The van der Waals surface area contributed by atoms with Gasteiger partial charge in [0.05, 0.1) is 5.60 Å². The molecule has 26 heavy (non-hydrogen) atoms. The molecule has 1 aliphatic carbocycles. The van der Waals surface area contributed by atoms with E-state index in [9.17, 15) is 10.2 Å². The van der Waals surface area contributed by atoms with Crippen LogP contribution in [0.4, 0.5) is 5.82 Å². The van der Waals surface area contributed by atoms with Crippen molar-refractivity contribution in [3.05, 3.63) is 47.5 Å². The molecule has 5 heteroatoms. The number of benzene rings is 2. The van der Waals surface area contributed by atoms with Crippen molar-refractivity contribution in [3.63, 3.8) is 0 Å². The van der Waals surface area contributed by atoms with Gasteiger partial charge in [-0.2, -0.15) is 0 Å². The van der Waals surface area contributed by atoms with Crippen LogP contribution in [-0.4, -0.2) is 32.1 Å². The first-order valence-corrected chi connectivity index (χ1v) is 8.89. The van der Waals surface area contributed by atoms with Gasteiger partial charge in [-0.15, -0.1) is 10.2 Å². The van der Waals surface area contributed by atoms with Crippen LogP contribution in [-0.2, 0) is 0 Å². The average Bonchev–Trinajstić information content (AvgIpc) is 2.54. The van der Waals surface area contributed by atoms with E-state index in [0.717, 1.165) is 27.5 Å². The molecule has 0 bridgehead atoms. The minimum absolute atomic E-state index is 0.197. The zero-order valence-corrected chi connectivity index (χ0v) is 15.2. The number of aromatic nitrogens is 2. The highest BCUT2D eigenvalue weighted by molar-refractivity contribution is 6.01. The van der Waals surface area contributed by atoms with Crippen molar-refractivity contribution in [1.29, 1.82) is 0 Å². The number of nitrogens with zero attached hydrogens (tertiary/aromatic N) is 2. The van der Waals surface area contributed by atoms with Gasteiger partial charge < -0.3 is 15.5 Å². The fourth-order valence-corrected chi connectivity index (χ4v) is 3.95. The van der Waals surface area contributed by atoms with Crippen LogP contribution in [0.25, 0.3) is 22.0 Å². The number of phenols is 1. The smallest absolute Gasteiger partial charge is 0.156 e. The third-order valence-electron chi connectivity index (χ3n) is 5.10. The third kappa shape index (κ3) is 2.88. The van der Waals surface area contributed by atoms with E-state index in [4.69, 9.17) is 0 Å². The van der Waals surface area contributed by atoms with Crippen LogP contribution in [0.1, 0.15) is 30.9 Å². The molecular weight excluding hydrogens is 326 g/mol. The van der Waals surface area contributed by atoms with Crippen molar-refractivity contribution in [1.82, 2.24) is 10.2 Å². The Bertz CT molecular complexity index is 967. The van der Waals surface area contributed by atoms with E-state index in [0.29, 0.717) is 24.4 Å². The van der Waals surface area contributed by atoms with Gasteiger partial charge in [0.15, 0.2) is 5.82 Å². The maximum absolute atomic E-state index is 10.5. The second kappa shape index (κ2) is 5.95. The summed E-state index contributed by atoms with van der Waals surface area (Å²) in [6.45, 7) is 5.78. The summed E-state index contributed by atoms with van der Waals surface area (Å²) in [6.07, 6.45) is 1.39. The molecule has 0 saturated heterocycles. The van der Waals surface area contributed by atoms with Crippen molar-refractivity contribution in [2.45, 2.75) is 45.3 Å². The topological polar surface area (TPSA) is 78.3 Å². The zero-order chi connectivity index (χ0) is 18.5. The Balaban J connectivity index is 1.81. The van der Waals surface area contributed by atoms with Gasteiger partial charge in [-0.3, -0.25) is 0 Å². The first kappa shape index (κ1) is 16.8. The van der Waals surface area contributed by atoms with Crippen molar-refractivity contribution in [2.24, 2.45) is 0 Å². The van der Waals surface area contributed by atoms with Gasteiger partial charge in [0, 0.05) is 22.4 Å². The predicted molar refractivity (Wildman–Crippen MR) is 103 cm³/mol. The lowest BCUT2D eigenvalue weighted by molar-refractivity contribution is -0.0235. The van der Waals surface area contributed by atoms with Crippen LogP contribution in [0, 0.1) is 13.8 Å². The van der Waals surface area contributed by atoms with E-state index in [1.165, 1.54) is 0 Å². The van der Waals surface area contributed by atoms with Crippen LogP contribution >= 0.6 is 0 Å². The highest BCUT2D eigenvalue weighted by atomic mass is 16.3. The lowest BCUT2D eigenvalue weighted by Gasteiger charge is -2.41. The van der Waals surface area contributed by atoms with Gasteiger partial charge in [-0.05, 0) is 50.8 Å². The van der Waals surface area contributed by atoms with Gasteiger partial charge in [0.1, 0.15) is 11.4 Å². The molecule has 2 aromatic carbocycles. The highest BCUT2D eigenvalue weighted by Gasteiger charge is 2.38. The molecule has 4 rings (SSSR count). The highest BCUT2D eigenvalue weighted by Crippen LogP contribution is 2.39. The Hall–Kier alpha value is -2.66. The van der Waals surface area contributed by atoms with Gasteiger partial charge in [0.2, 0.25) is 0 Å². The number of aromatic hydroxyl groups is 1. The van der Waals surface area contributed by atoms with Crippen molar-refractivity contribution < 1.29 is 10.2 Å². The molecule has 3 N–H and O–H groups in total. The second-order valence-corrected chi connectivity index (χ2v) is 7.67. The molecule has 0 radical (unpaired) electrons. The first-order valence-electron chi connectivity index (χ1n) is 8.89. The van der Waals surface area contributed by atoms with E-state index in [-0.39, 0.29) is 11.8 Å². The number of fused-ring (bicyclic) bond motifs is 1. The molecule has 1 heterocycles. The summed E-state index contributed by atoms with van der Waals surface area (Å²) >= 11 is 0. The van der Waals surface area contributed by atoms with E-state index in [1.54, 1.807) is 6.07 Å². The van der Waals surface area contributed by atoms with Gasteiger partial charge in [-0.25, -0.2) is 0 Å². The molecular formula is C21H23N3O2. The van der Waals surface area contributed by atoms with E-state index >= 15 is 0 Å². The van der Waals surface area contributed by atoms with Crippen molar-refractivity contribution in [2.75, 3.05) is 5.32 Å². The fourth-order valence-electron chi connectivity index (χ4n) is 3.95. The van der Waals surface area contributed by atoms with Crippen LogP contribution in [0.5, 0.6) is 5.75 Å². The van der Waals surface area contributed by atoms with E-state index in [2.05, 4.69) is 15.5 Å². The van der Waals surface area contributed by atoms with Crippen molar-refractivity contribution in [3.8, 4) is 17.0 Å². The second-order valence-electron chi connectivity index (χ2n) is 7.67. The molecule has 0 amide bonds. The normalized spacial score (nSPS) is 22.2. The Labute approximate surface area is 152 Å². The van der Waals surface area contributed by atoms with Crippen molar-refractivity contribution >= 4 is 16.6 Å². The zero-order valence-electron chi connectivity index (χ0n) is 15.2. The number of hydrogen-bond acceptors (Lipinski definition) is 5. The number of hydrogen-bond donors (Lipinski definition) is 3. The summed E-state index contributed by atoms with van der Waals surface area (Å²) in [6, 6.07) is 11.9. The third-order valence-corrected chi connectivity index (χ3v) is 5.10. The maximum Gasteiger partial charge on any atom is 0.156 e. The molecule has 134 valence electrons. The SMILES string of the molecule is Cc1cc(C)c(-c2nnc(NC3CC(C)(O)C3)c3ccccc23)c(O)c1. The summed E-state index contributed by atoms with van der Waals surface area (Å²) in [4.78, 5) is 0.